The molecule has 0 aliphatic rings. The molecule has 4 heteroatoms. The average Bonchev–Trinajstić information content (AvgIpc) is 3.68. The van der Waals surface area contributed by atoms with Gasteiger partial charge in [0.1, 0.15) is 0 Å². The Kier molecular flexibility index (Phi) is 8.01. The minimum atomic E-state index is 0.644. The molecule has 0 radical (unpaired) electrons. The van der Waals surface area contributed by atoms with Crippen LogP contribution in [0.15, 0.2) is 200 Å². The Labute approximate surface area is 334 Å². The summed E-state index contributed by atoms with van der Waals surface area (Å²) in [6.45, 7) is 0. The smallest absolute Gasteiger partial charge is 0.165 e. The second-order valence-electron chi connectivity index (χ2n) is 14.3. The Morgan fingerprint density at radius 1 is 0.281 bits per heavy atom. The van der Waals surface area contributed by atoms with E-state index in [1.807, 2.05) is 6.07 Å². The lowest BCUT2D eigenvalue weighted by atomic mass is 9.93. The van der Waals surface area contributed by atoms with Gasteiger partial charge in [0.2, 0.25) is 0 Å². The molecular weight excluding hydrogens is 711 g/mol. The molecule has 0 N–H and O–H groups in total. The van der Waals surface area contributed by atoms with Crippen LogP contribution in [0.2, 0.25) is 0 Å². The molecule has 57 heavy (non-hydrogen) atoms. The quantitative estimate of drug-likeness (QED) is 0.159. The molecule has 0 unspecified atom stereocenters. The lowest BCUT2D eigenvalue weighted by molar-refractivity contribution is 1.08. The van der Waals surface area contributed by atoms with E-state index in [2.05, 4.69) is 194 Å². The van der Waals surface area contributed by atoms with E-state index in [-0.39, 0.29) is 0 Å². The summed E-state index contributed by atoms with van der Waals surface area (Å²) in [6.07, 6.45) is 0. The van der Waals surface area contributed by atoms with Crippen molar-refractivity contribution < 1.29 is 0 Å². The second kappa shape index (κ2) is 13.8. The summed E-state index contributed by atoms with van der Waals surface area (Å²) in [4.78, 5) is 16.0. The van der Waals surface area contributed by atoms with E-state index >= 15 is 0 Å². The van der Waals surface area contributed by atoms with Gasteiger partial charge < -0.3 is 0 Å². The molecule has 0 aliphatic carbocycles. The van der Waals surface area contributed by atoms with Crippen molar-refractivity contribution in [3.63, 3.8) is 0 Å². The zero-order valence-corrected chi connectivity index (χ0v) is 31.6. The highest BCUT2D eigenvalue weighted by Gasteiger charge is 2.20. The van der Waals surface area contributed by atoms with Gasteiger partial charge in [-0.2, -0.15) is 0 Å². The van der Waals surface area contributed by atoms with Gasteiger partial charge in [-0.25, -0.2) is 15.0 Å². The van der Waals surface area contributed by atoms with Crippen molar-refractivity contribution >= 4 is 53.1 Å². The van der Waals surface area contributed by atoms with Gasteiger partial charge in [-0.3, -0.25) is 0 Å². The molecule has 0 spiro atoms. The van der Waals surface area contributed by atoms with Gasteiger partial charge in [-0.15, -0.1) is 11.3 Å². The summed E-state index contributed by atoms with van der Waals surface area (Å²) in [5.74, 6) is 1.95. The van der Waals surface area contributed by atoms with Gasteiger partial charge in [-0.1, -0.05) is 176 Å². The molecule has 0 saturated heterocycles. The van der Waals surface area contributed by atoms with Crippen molar-refractivity contribution in [1.29, 1.82) is 0 Å². The van der Waals surface area contributed by atoms with Crippen molar-refractivity contribution in [3.05, 3.63) is 200 Å². The fraction of sp³-hybridized carbons (Fsp3) is 0. The molecule has 0 bridgehead atoms. The molecule has 3 nitrogen and oxygen atoms in total. The molecule has 0 fully saturated rings. The lowest BCUT2D eigenvalue weighted by Gasteiger charge is -2.15. The number of nitrogens with zero attached hydrogens (tertiary/aromatic N) is 3. The molecule has 0 aliphatic heterocycles. The predicted octanol–water partition coefficient (Wildman–Crippen LogP) is 14.5. The largest absolute Gasteiger partial charge is 0.208 e. The maximum absolute atomic E-state index is 5.36. The number of rotatable bonds is 6. The van der Waals surface area contributed by atoms with E-state index in [9.17, 15) is 0 Å². The Hall–Kier alpha value is -7.27. The highest BCUT2D eigenvalue weighted by atomic mass is 32.1. The van der Waals surface area contributed by atoms with Gasteiger partial charge in [0, 0.05) is 36.9 Å². The van der Waals surface area contributed by atoms with Crippen LogP contribution in [0, 0.1) is 0 Å². The molecule has 0 amide bonds. The topological polar surface area (TPSA) is 38.7 Å². The number of thiophene rings is 1. The van der Waals surface area contributed by atoms with E-state index in [1.165, 1.54) is 47.8 Å². The van der Waals surface area contributed by atoms with Crippen LogP contribution in [-0.2, 0) is 0 Å². The summed E-state index contributed by atoms with van der Waals surface area (Å²) < 4.78 is 2.42. The van der Waals surface area contributed by atoms with E-state index in [0.717, 1.165) is 44.0 Å². The normalized spacial score (nSPS) is 11.5. The first-order valence-corrected chi connectivity index (χ1v) is 20.0. The third-order valence-electron chi connectivity index (χ3n) is 11.0. The van der Waals surface area contributed by atoms with Crippen molar-refractivity contribution in [2.45, 2.75) is 0 Å². The molecular formula is C53H33N3S. The van der Waals surface area contributed by atoms with E-state index in [0.29, 0.717) is 17.5 Å². The van der Waals surface area contributed by atoms with Crippen molar-refractivity contribution in [1.82, 2.24) is 15.0 Å². The van der Waals surface area contributed by atoms with Crippen molar-refractivity contribution in [3.8, 4) is 67.5 Å². The highest BCUT2D eigenvalue weighted by molar-refractivity contribution is 7.26. The van der Waals surface area contributed by atoms with Gasteiger partial charge in [0.05, 0.1) is 0 Å². The highest BCUT2D eigenvalue weighted by Crippen LogP contribution is 2.42. The van der Waals surface area contributed by atoms with Gasteiger partial charge >= 0.3 is 0 Å². The summed E-state index contributed by atoms with van der Waals surface area (Å²) in [5.41, 5.74) is 9.93. The second-order valence-corrected chi connectivity index (χ2v) is 15.4. The monoisotopic (exact) mass is 743 g/mol. The SMILES string of the molecule is c1ccc(-c2ccc(-c3ccc4cc(-c5nc(-c6ccccc6-c6ccccc6)nc(-c6cccc7c6sc6ccccc67)n5)c5ccccc5c4c3)cc2)cc1. The van der Waals surface area contributed by atoms with E-state index in [1.54, 1.807) is 11.3 Å². The molecule has 11 rings (SSSR count). The first-order valence-electron chi connectivity index (χ1n) is 19.2. The van der Waals surface area contributed by atoms with Gasteiger partial charge in [-0.05, 0) is 79.2 Å². The maximum Gasteiger partial charge on any atom is 0.165 e. The summed E-state index contributed by atoms with van der Waals surface area (Å²) >= 11 is 1.79. The third-order valence-corrected chi connectivity index (χ3v) is 12.2. The van der Waals surface area contributed by atoms with Crippen LogP contribution in [-0.4, -0.2) is 15.0 Å². The van der Waals surface area contributed by atoms with Crippen LogP contribution >= 0.6 is 11.3 Å². The first kappa shape index (κ1) is 33.1. The molecule has 266 valence electrons. The van der Waals surface area contributed by atoms with Crippen LogP contribution < -0.4 is 0 Å². The Bertz CT molecular complexity index is 3280. The summed E-state index contributed by atoms with van der Waals surface area (Å²) in [7, 11) is 0. The summed E-state index contributed by atoms with van der Waals surface area (Å²) in [5, 5.41) is 7.04. The standard InChI is InChI=1S/C53H33N3S/c1-3-14-34(15-4-1)35-26-28-36(29-27-35)38-30-31-39-33-48(42-20-9-8-19-41(42)47(39)32-38)53-55-51(45-22-10-7-18-40(45)37-16-5-2-6-17-37)54-52(56-53)46-24-13-23-44-43-21-11-12-25-49(43)57-50(44)46/h1-33H. The van der Waals surface area contributed by atoms with Crippen LogP contribution in [0.1, 0.15) is 0 Å². The zero-order chi connectivity index (χ0) is 37.7. The predicted molar refractivity (Wildman–Crippen MR) is 240 cm³/mol. The number of benzene rings is 9. The number of aromatic nitrogens is 3. The lowest BCUT2D eigenvalue weighted by Crippen LogP contribution is -2.01. The minimum Gasteiger partial charge on any atom is -0.208 e. The fourth-order valence-electron chi connectivity index (χ4n) is 8.16. The third kappa shape index (κ3) is 5.86. The zero-order valence-electron chi connectivity index (χ0n) is 30.8. The molecule has 2 aromatic heterocycles. The van der Waals surface area contributed by atoms with Crippen LogP contribution in [0.25, 0.3) is 109 Å². The van der Waals surface area contributed by atoms with Crippen LogP contribution in [0.3, 0.4) is 0 Å². The van der Waals surface area contributed by atoms with Crippen molar-refractivity contribution in [2.24, 2.45) is 0 Å². The van der Waals surface area contributed by atoms with Gasteiger partial charge in [0.15, 0.2) is 17.5 Å². The van der Waals surface area contributed by atoms with Crippen LogP contribution in [0.5, 0.6) is 0 Å². The minimum absolute atomic E-state index is 0.644. The fourth-order valence-corrected chi connectivity index (χ4v) is 9.37. The Morgan fingerprint density at radius 3 is 1.54 bits per heavy atom. The Balaban J connectivity index is 1.11. The average molecular weight is 744 g/mol. The van der Waals surface area contributed by atoms with Crippen LogP contribution in [0.4, 0.5) is 0 Å². The first-order chi connectivity index (χ1) is 28.2. The summed E-state index contributed by atoms with van der Waals surface area (Å²) in [6, 6.07) is 71.0. The molecule has 0 atom stereocenters. The number of hydrogen-bond acceptors (Lipinski definition) is 4. The maximum atomic E-state index is 5.36. The Morgan fingerprint density at radius 2 is 0.789 bits per heavy atom. The van der Waals surface area contributed by atoms with Crippen molar-refractivity contribution in [2.75, 3.05) is 0 Å². The molecule has 9 aromatic carbocycles. The number of hydrogen-bond donors (Lipinski definition) is 0. The number of fused-ring (bicyclic) bond motifs is 6. The van der Waals surface area contributed by atoms with E-state index < -0.39 is 0 Å². The molecule has 0 saturated carbocycles. The molecule has 2 heterocycles. The molecule has 11 aromatic rings. The van der Waals surface area contributed by atoms with E-state index in [4.69, 9.17) is 15.0 Å². The van der Waals surface area contributed by atoms with Gasteiger partial charge in [0.25, 0.3) is 0 Å².